The molecule has 0 radical (unpaired) electrons. The van der Waals surface area contributed by atoms with Crippen LogP contribution >= 0.6 is 0 Å². The zero-order valence-electron chi connectivity index (χ0n) is 14.2. The SMILES string of the molecule is CCOC(=O)CCCN1C(=O)NC(C)(c2cc3ccccc3o2)C1=O. The average Bonchev–Trinajstić information content (AvgIpc) is 3.11. The summed E-state index contributed by atoms with van der Waals surface area (Å²) in [7, 11) is 0. The van der Waals surface area contributed by atoms with Crippen LogP contribution in [-0.4, -0.2) is 36.0 Å². The zero-order chi connectivity index (χ0) is 18.0. The molecule has 3 rings (SSSR count). The van der Waals surface area contributed by atoms with Gasteiger partial charge in [0.25, 0.3) is 5.91 Å². The minimum absolute atomic E-state index is 0.152. The number of hydrogen-bond donors (Lipinski definition) is 1. The predicted octanol–water partition coefficient (Wildman–Crippen LogP) is 2.54. The number of nitrogens with zero attached hydrogens (tertiary/aromatic N) is 1. The quantitative estimate of drug-likeness (QED) is 0.642. The number of urea groups is 1. The predicted molar refractivity (Wildman–Crippen MR) is 89.7 cm³/mol. The van der Waals surface area contributed by atoms with Crippen molar-refractivity contribution in [2.24, 2.45) is 0 Å². The van der Waals surface area contributed by atoms with E-state index in [0.29, 0.717) is 24.4 Å². The van der Waals surface area contributed by atoms with Crippen LogP contribution in [0.1, 0.15) is 32.4 Å². The Morgan fingerprint density at radius 3 is 2.80 bits per heavy atom. The summed E-state index contributed by atoms with van der Waals surface area (Å²) in [6.07, 6.45) is 0.514. The molecule has 1 aliphatic heterocycles. The van der Waals surface area contributed by atoms with Crippen molar-refractivity contribution in [3.05, 3.63) is 36.1 Å². The molecular weight excluding hydrogens is 324 g/mol. The van der Waals surface area contributed by atoms with Crippen molar-refractivity contribution in [2.45, 2.75) is 32.2 Å². The fourth-order valence-corrected chi connectivity index (χ4v) is 2.91. The molecule has 2 heterocycles. The molecule has 1 saturated heterocycles. The highest BCUT2D eigenvalue weighted by Crippen LogP contribution is 2.33. The lowest BCUT2D eigenvalue weighted by molar-refractivity contribution is -0.143. The van der Waals surface area contributed by atoms with Crippen LogP contribution in [0.5, 0.6) is 0 Å². The van der Waals surface area contributed by atoms with E-state index in [2.05, 4.69) is 5.32 Å². The number of hydrogen-bond acceptors (Lipinski definition) is 5. The van der Waals surface area contributed by atoms with Gasteiger partial charge in [0.15, 0.2) is 5.54 Å². The van der Waals surface area contributed by atoms with Crippen molar-refractivity contribution >= 4 is 28.9 Å². The first-order valence-corrected chi connectivity index (χ1v) is 8.24. The Hall–Kier alpha value is -2.83. The molecule has 0 aliphatic carbocycles. The van der Waals surface area contributed by atoms with Crippen LogP contribution in [0.4, 0.5) is 4.79 Å². The van der Waals surface area contributed by atoms with E-state index in [4.69, 9.17) is 9.15 Å². The van der Waals surface area contributed by atoms with Gasteiger partial charge in [-0.2, -0.15) is 0 Å². The number of rotatable bonds is 6. The monoisotopic (exact) mass is 344 g/mol. The summed E-state index contributed by atoms with van der Waals surface area (Å²) < 4.78 is 10.6. The van der Waals surface area contributed by atoms with Crippen molar-refractivity contribution in [2.75, 3.05) is 13.2 Å². The second-order valence-electron chi connectivity index (χ2n) is 6.07. The molecule has 1 aliphatic rings. The highest BCUT2D eigenvalue weighted by atomic mass is 16.5. The van der Waals surface area contributed by atoms with Crippen LogP contribution in [0.25, 0.3) is 11.0 Å². The highest BCUT2D eigenvalue weighted by molar-refractivity contribution is 6.07. The summed E-state index contributed by atoms with van der Waals surface area (Å²) in [5.41, 5.74) is -0.596. The molecule has 1 atom stereocenters. The van der Waals surface area contributed by atoms with Gasteiger partial charge in [0.2, 0.25) is 0 Å². The summed E-state index contributed by atoms with van der Waals surface area (Å²) in [4.78, 5) is 37.5. The molecule has 3 amide bonds. The molecule has 1 N–H and O–H groups in total. The number of carbonyl (C=O) groups excluding carboxylic acids is 3. The van der Waals surface area contributed by atoms with Crippen LogP contribution in [0.3, 0.4) is 0 Å². The van der Waals surface area contributed by atoms with Crippen molar-refractivity contribution in [3.8, 4) is 0 Å². The number of imide groups is 1. The van der Waals surface area contributed by atoms with Crippen LogP contribution < -0.4 is 5.32 Å². The number of para-hydroxylation sites is 1. The van der Waals surface area contributed by atoms with E-state index >= 15 is 0 Å². The fraction of sp³-hybridized carbons (Fsp3) is 0.389. The van der Waals surface area contributed by atoms with Crippen LogP contribution in [0, 0.1) is 0 Å². The van der Waals surface area contributed by atoms with Gasteiger partial charge >= 0.3 is 12.0 Å². The second-order valence-corrected chi connectivity index (χ2v) is 6.07. The maximum atomic E-state index is 12.8. The first-order valence-electron chi connectivity index (χ1n) is 8.24. The standard InChI is InChI=1S/C18H20N2O5/c1-3-24-15(21)9-6-10-20-16(22)18(2,19-17(20)23)14-11-12-7-4-5-8-13(12)25-14/h4-5,7-8,11H,3,6,9-10H2,1-2H3,(H,19,23). The number of fused-ring (bicyclic) bond motifs is 1. The van der Waals surface area contributed by atoms with E-state index in [1.165, 1.54) is 0 Å². The Balaban J connectivity index is 1.74. The maximum absolute atomic E-state index is 12.8. The third-order valence-electron chi connectivity index (χ3n) is 4.26. The molecule has 2 aromatic rings. The van der Waals surface area contributed by atoms with Crippen LogP contribution in [0.15, 0.2) is 34.7 Å². The molecule has 0 spiro atoms. The van der Waals surface area contributed by atoms with Gasteiger partial charge in [0.05, 0.1) is 6.61 Å². The summed E-state index contributed by atoms with van der Waals surface area (Å²) in [5.74, 6) is -0.338. The first-order chi connectivity index (χ1) is 12.0. The van der Waals surface area contributed by atoms with Crippen LogP contribution in [-0.2, 0) is 19.9 Å². The Bertz CT molecular complexity index is 795. The number of carbonyl (C=O) groups is 3. The van der Waals surface area contributed by atoms with Crippen molar-refractivity contribution in [1.82, 2.24) is 10.2 Å². The highest BCUT2D eigenvalue weighted by Gasteiger charge is 2.51. The maximum Gasteiger partial charge on any atom is 0.325 e. The second kappa shape index (κ2) is 6.58. The lowest BCUT2D eigenvalue weighted by atomic mass is 9.99. The topological polar surface area (TPSA) is 88.8 Å². The van der Waals surface area contributed by atoms with Gasteiger partial charge in [-0.15, -0.1) is 0 Å². The minimum atomic E-state index is -1.25. The summed E-state index contributed by atoms with van der Waals surface area (Å²) in [6.45, 7) is 3.82. The summed E-state index contributed by atoms with van der Waals surface area (Å²) in [5, 5.41) is 3.56. The molecule has 0 saturated carbocycles. The van der Waals surface area contributed by atoms with Gasteiger partial charge in [-0.05, 0) is 32.4 Å². The Morgan fingerprint density at radius 1 is 1.32 bits per heavy atom. The molecule has 132 valence electrons. The fourth-order valence-electron chi connectivity index (χ4n) is 2.91. The third kappa shape index (κ3) is 3.09. The van der Waals surface area contributed by atoms with Gasteiger partial charge in [-0.3, -0.25) is 14.5 Å². The Labute approximate surface area is 144 Å². The van der Waals surface area contributed by atoms with Crippen LogP contribution in [0.2, 0.25) is 0 Å². The molecule has 1 aromatic carbocycles. The molecular formula is C18H20N2O5. The Morgan fingerprint density at radius 2 is 2.08 bits per heavy atom. The molecule has 1 aromatic heterocycles. The van der Waals surface area contributed by atoms with Gasteiger partial charge in [-0.1, -0.05) is 18.2 Å². The zero-order valence-corrected chi connectivity index (χ0v) is 14.2. The minimum Gasteiger partial charge on any atom is -0.466 e. The number of esters is 1. The van der Waals surface area contributed by atoms with E-state index < -0.39 is 11.6 Å². The number of nitrogens with one attached hydrogen (secondary N) is 1. The van der Waals surface area contributed by atoms with Crippen molar-refractivity contribution in [3.63, 3.8) is 0 Å². The molecule has 7 heteroatoms. The molecule has 7 nitrogen and oxygen atoms in total. The number of amides is 3. The van der Waals surface area contributed by atoms with E-state index in [0.717, 1.165) is 10.3 Å². The van der Waals surface area contributed by atoms with Crippen molar-refractivity contribution in [1.29, 1.82) is 0 Å². The third-order valence-corrected chi connectivity index (χ3v) is 4.26. The van der Waals surface area contributed by atoms with Crippen molar-refractivity contribution < 1.29 is 23.5 Å². The van der Waals surface area contributed by atoms with Gasteiger partial charge < -0.3 is 14.5 Å². The molecule has 0 bridgehead atoms. The molecule has 1 fully saturated rings. The first kappa shape index (κ1) is 17.0. The van der Waals surface area contributed by atoms with E-state index in [-0.39, 0.29) is 24.8 Å². The lowest BCUT2D eigenvalue weighted by Crippen LogP contribution is -2.40. The average molecular weight is 344 g/mol. The van der Waals surface area contributed by atoms with E-state index in [1.807, 2.05) is 18.2 Å². The van der Waals surface area contributed by atoms with E-state index in [9.17, 15) is 14.4 Å². The largest absolute Gasteiger partial charge is 0.466 e. The summed E-state index contributed by atoms with van der Waals surface area (Å²) >= 11 is 0. The summed E-state index contributed by atoms with van der Waals surface area (Å²) in [6, 6.07) is 8.67. The molecule has 1 unspecified atom stereocenters. The number of ether oxygens (including phenoxy) is 1. The normalized spacial score (nSPS) is 20.2. The van der Waals surface area contributed by atoms with E-state index in [1.54, 1.807) is 26.0 Å². The lowest BCUT2D eigenvalue weighted by Gasteiger charge is -2.18. The van der Waals surface area contributed by atoms with Gasteiger partial charge in [-0.25, -0.2) is 4.79 Å². The molecule has 25 heavy (non-hydrogen) atoms. The number of benzene rings is 1. The number of furan rings is 1. The van der Waals surface area contributed by atoms with Gasteiger partial charge in [0.1, 0.15) is 11.3 Å². The Kier molecular flexibility index (Phi) is 4.48. The smallest absolute Gasteiger partial charge is 0.325 e. The van der Waals surface area contributed by atoms with Gasteiger partial charge in [0, 0.05) is 18.4 Å².